The number of methoxy groups -OCH3 is 1. The summed E-state index contributed by atoms with van der Waals surface area (Å²) in [5, 5.41) is 3.78. The third kappa shape index (κ3) is 5.32. The predicted octanol–water partition coefficient (Wildman–Crippen LogP) is 6.08. The molecule has 1 aliphatic heterocycles. The molecule has 0 radical (unpaired) electrons. The van der Waals surface area contributed by atoms with Crippen molar-refractivity contribution in [2.24, 2.45) is 0 Å². The van der Waals surface area contributed by atoms with Gasteiger partial charge in [0.1, 0.15) is 11.3 Å². The van der Waals surface area contributed by atoms with Crippen LogP contribution >= 0.6 is 0 Å². The van der Waals surface area contributed by atoms with Crippen LogP contribution in [0.4, 0.5) is 5.82 Å². The van der Waals surface area contributed by atoms with E-state index in [1.807, 2.05) is 30.6 Å². The molecule has 0 spiro atoms. The number of rotatable bonds is 7. The number of ether oxygens (including phenoxy) is 1. The Bertz CT molecular complexity index is 1310. The first kappa shape index (κ1) is 23.9. The standard InChI is InChI=1S/C30H36N6O/c1-37-26-14-12-23(13-15-26)28-33-29(27-30(34-28)36(21-31-27)25-10-6-3-7-11-25)32-24-16-18-35(19-17-24)20-22-8-4-2-5-9-22/h2,4-5,8-9,12-15,21,24-25H,3,6-7,10-11,16-20H2,1H3,(H,32,33,34). The Hall–Kier alpha value is -3.45. The van der Waals surface area contributed by atoms with Gasteiger partial charge in [-0.05, 0) is 55.5 Å². The van der Waals surface area contributed by atoms with Gasteiger partial charge in [-0.15, -0.1) is 0 Å². The summed E-state index contributed by atoms with van der Waals surface area (Å²) in [5.41, 5.74) is 4.19. The van der Waals surface area contributed by atoms with Gasteiger partial charge in [-0.25, -0.2) is 15.0 Å². The highest BCUT2D eigenvalue weighted by Gasteiger charge is 2.24. The largest absolute Gasteiger partial charge is 0.497 e. The first-order chi connectivity index (χ1) is 18.3. The molecule has 3 heterocycles. The molecule has 0 bridgehead atoms. The summed E-state index contributed by atoms with van der Waals surface area (Å²) in [6.45, 7) is 3.16. The molecule has 4 aromatic rings. The molecule has 2 aliphatic rings. The molecular weight excluding hydrogens is 460 g/mol. The Morgan fingerprint density at radius 3 is 2.38 bits per heavy atom. The molecule has 0 atom stereocenters. The van der Waals surface area contributed by atoms with Crippen LogP contribution in [0.2, 0.25) is 0 Å². The molecule has 1 N–H and O–H groups in total. The van der Waals surface area contributed by atoms with Crippen LogP contribution < -0.4 is 10.1 Å². The Morgan fingerprint density at radius 2 is 1.65 bits per heavy atom. The van der Waals surface area contributed by atoms with E-state index in [2.05, 4.69) is 45.1 Å². The Labute approximate surface area is 218 Å². The number of aromatic nitrogens is 4. The number of nitrogens with zero attached hydrogens (tertiary/aromatic N) is 5. The van der Waals surface area contributed by atoms with E-state index in [4.69, 9.17) is 19.7 Å². The van der Waals surface area contributed by atoms with E-state index < -0.39 is 0 Å². The van der Waals surface area contributed by atoms with E-state index >= 15 is 0 Å². The van der Waals surface area contributed by atoms with Crippen molar-refractivity contribution >= 4 is 17.0 Å². The lowest BCUT2D eigenvalue weighted by molar-refractivity contribution is 0.211. The minimum absolute atomic E-state index is 0.369. The van der Waals surface area contributed by atoms with Crippen LogP contribution in [0, 0.1) is 0 Å². The second-order valence-electron chi connectivity index (χ2n) is 10.4. The zero-order chi connectivity index (χ0) is 25.0. The number of hydrogen-bond donors (Lipinski definition) is 1. The molecule has 1 saturated heterocycles. The summed E-state index contributed by atoms with van der Waals surface area (Å²) >= 11 is 0. The summed E-state index contributed by atoms with van der Waals surface area (Å²) in [6.07, 6.45) is 10.4. The molecule has 2 fully saturated rings. The van der Waals surface area contributed by atoms with Crippen LogP contribution in [-0.4, -0.2) is 50.7 Å². The molecule has 2 aromatic carbocycles. The van der Waals surface area contributed by atoms with Gasteiger partial charge in [0.15, 0.2) is 17.3 Å². The summed E-state index contributed by atoms with van der Waals surface area (Å²) in [6, 6.07) is 19.6. The highest BCUT2D eigenvalue weighted by molar-refractivity contribution is 5.85. The smallest absolute Gasteiger partial charge is 0.166 e. The van der Waals surface area contributed by atoms with E-state index in [0.717, 1.165) is 66.6 Å². The van der Waals surface area contributed by atoms with Gasteiger partial charge in [0.25, 0.3) is 0 Å². The van der Waals surface area contributed by atoms with Crippen molar-refractivity contribution in [1.29, 1.82) is 0 Å². The quantitative estimate of drug-likeness (QED) is 0.334. The van der Waals surface area contributed by atoms with Crippen LogP contribution in [0.15, 0.2) is 60.9 Å². The number of likely N-dealkylation sites (tertiary alicyclic amines) is 1. The highest BCUT2D eigenvalue weighted by atomic mass is 16.5. The lowest BCUT2D eigenvalue weighted by Gasteiger charge is -2.32. The number of piperidine rings is 1. The van der Waals surface area contributed by atoms with Gasteiger partial charge in [0.2, 0.25) is 0 Å². The van der Waals surface area contributed by atoms with Gasteiger partial charge in [0, 0.05) is 37.3 Å². The summed E-state index contributed by atoms with van der Waals surface area (Å²) < 4.78 is 7.66. The van der Waals surface area contributed by atoms with Crippen molar-refractivity contribution in [3.63, 3.8) is 0 Å². The topological polar surface area (TPSA) is 68.1 Å². The van der Waals surface area contributed by atoms with Gasteiger partial charge in [-0.2, -0.15) is 0 Å². The molecule has 6 rings (SSSR count). The number of imidazole rings is 1. The number of benzene rings is 2. The molecular formula is C30H36N6O. The third-order valence-electron chi connectivity index (χ3n) is 7.92. The average Bonchev–Trinajstić information content (AvgIpc) is 3.40. The van der Waals surface area contributed by atoms with Crippen LogP contribution in [0.5, 0.6) is 5.75 Å². The summed E-state index contributed by atoms with van der Waals surface area (Å²) in [5.74, 6) is 2.42. The van der Waals surface area contributed by atoms with E-state index in [1.54, 1.807) is 7.11 Å². The van der Waals surface area contributed by atoms with Gasteiger partial charge in [-0.1, -0.05) is 49.6 Å². The van der Waals surface area contributed by atoms with Gasteiger partial charge >= 0.3 is 0 Å². The third-order valence-corrected chi connectivity index (χ3v) is 7.92. The normalized spacial score (nSPS) is 17.8. The van der Waals surface area contributed by atoms with Crippen molar-refractivity contribution in [1.82, 2.24) is 24.4 Å². The monoisotopic (exact) mass is 496 g/mol. The zero-order valence-corrected chi connectivity index (χ0v) is 21.6. The molecule has 192 valence electrons. The minimum atomic E-state index is 0.369. The van der Waals surface area contributed by atoms with E-state index in [-0.39, 0.29) is 0 Å². The number of anilines is 1. The lowest BCUT2D eigenvalue weighted by Crippen LogP contribution is -2.38. The van der Waals surface area contributed by atoms with Crippen LogP contribution in [0.3, 0.4) is 0 Å². The SMILES string of the molecule is COc1ccc(-c2nc(NC3CCN(Cc4ccccc4)CC3)c3ncn(C4CCCCC4)c3n2)cc1. The molecule has 7 nitrogen and oxygen atoms in total. The average molecular weight is 497 g/mol. The van der Waals surface area contributed by atoms with Crippen LogP contribution in [0.1, 0.15) is 56.6 Å². The Morgan fingerprint density at radius 1 is 0.892 bits per heavy atom. The van der Waals surface area contributed by atoms with E-state index in [9.17, 15) is 0 Å². The van der Waals surface area contributed by atoms with Gasteiger partial charge in [-0.3, -0.25) is 4.90 Å². The first-order valence-electron chi connectivity index (χ1n) is 13.7. The maximum atomic E-state index is 5.36. The van der Waals surface area contributed by atoms with Crippen molar-refractivity contribution in [3.8, 4) is 17.1 Å². The first-order valence-corrected chi connectivity index (χ1v) is 13.7. The molecule has 2 aromatic heterocycles. The fourth-order valence-corrected chi connectivity index (χ4v) is 5.78. The van der Waals surface area contributed by atoms with Crippen molar-refractivity contribution in [3.05, 3.63) is 66.5 Å². The second-order valence-corrected chi connectivity index (χ2v) is 10.4. The maximum absolute atomic E-state index is 5.36. The van der Waals surface area contributed by atoms with Gasteiger partial charge in [0.05, 0.1) is 13.4 Å². The fraction of sp³-hybridized carbons (Fsp3) is 0.433. The Kier molecular flexibility index (Phi) is 7.04. The predicted molar refractivity (Wildman–Crippen MR) is 148 cm³/mol. The molecule has 1 saturated carbocycles. The molecule has 0 amide bonds. The maximum Gasteiger partial charge on any atom is 0.166 e. The molecule has 7 heteroatoms. The van der Waals surface area contributed by atoms with Gasteiger partial charge < -0.3 is 14.6 Å². The van der Waals surface area contributed by atoms with E-state index in [1.165, 1.54) is 37.7 Å². The van der Waals surface area contributed by atoms with E-state index in [0.29, 0.717) is 12.1 Å². The minimum Gasteiger partial charge on any atom is -0.497 e. The van der Waals surface area contributed by atoms with Crippen molar-refractivity contribution < 1.29 is 4.74 Å². The fourth-order valence-electron chi connectivity index (χ4n) is 5.78. The zero-order valence-electron chi connectivity index (χ0n) is 21.6. The number of hydrogen-bond acceptors (Lipinski definition) is 6. The molecule has 37 heavy (non-hydrogen) atoms. The summed E-state index contributed by atoms with van der Waals surface area (Å²) in [4.78, 5) is 17.4. The van der Waals surface area contributed by atoms with Crippen LogP contribution in [0.25, 0.3) is 22.6 Å². The van der Waals surface area contributed by atoms with Crippen molar-refractivity contribution in [2.45, 2.75) is 63.6 Å². The summed E-state index contributed by atoms with van der Waals surface area (Å²) in [7, 11) is 1.69. The molecule has 1 aliphatic carbocycles. The highest BCUT2D eigenvalue weighted by Crippen LogP contribution is 2.33. The number of fused-ring (bicyclic) bond motifs is 1. The number of nitrogens with one attached hydrogen (secondary N) is 1. The Balaban J connectivity index is 1.26. The molecule has 0 unspecified atom stereocenters. The van der Waals surface area contributed by atoms with Crippen LogP contribution in [-0.2, 0) is 6.54 Å². The lowest BCUT2D eigenvalue weighted by atomic mass is 9.95. The second kappa shape index (κ2) is 10.9. The van der Waals surface area contributed by atoms with Crippen molar-refractivity contribution in [2.75, 3.05) is 25.5 Å².